The van der Waals surface area contributed by atoms with Gasteiger partial charge in [0.05, 0.1) is 13.7 Å². The number of carbonyl (C=O) groups excluding carboxylic acids is 5. The van der Waals surface area contributed by atoms with Crippen molar-refractivity contribution in [2.24, 2.45) is 0 Å². The van der Waals surface area contributed by atoms with Crippen LogP contribution >= 0.6 is 0 Å². The number of hydrogen-bond acceptors (Lipinski definition) is 12. The number of benzene rings is 2. The Balaban J connectivity index is 1.33. The van der Waals surface area contributed by atoms with E-state index in [1.54, 1.807) is 82.6 Å². The van der Waals surface area contributed by atoms with Gasteiger partial charge in [-0.3, -0.25) is 4.79 Å². The molecule has 4 aromatic rings. The van der Waals surface area contributed by atoms with Crippen molar-refractivity contribution in [3.8, 4) is 17.2 Å². The third-order valence-electron chi connectivity index (χ3n) is 7.71. The summed E-state index contributed by atoms with van der Waals surface area (Å²) in [6.07, 6.45) is 11.5. The minimum Gasteiger partial charge on any atom is -0.508 e. The Labute approximate surface area is 340 Å². The highest BCUT2D eigenvalue weighted by Gasteiger charge is 2.18. The van der Waals surface area contributed by atoms with Crippen LogP contribution in [0.3, 0.4) is 0 Å². The maximum atomic E-state index is 12.9. The number of ether oxygens (including phenoxy) is 5. The first-order chi connectivity index (χ1) is 28.2. The minimum absolute atomic E-state index is 0.0912. The number of esters is 2. The Hall–Kier alpha value is -7.33. The average molecular weight is 811 g/mol. The Morgan fingerprint density at radius 2 is 1.20 bits per heavy atom. The number of alkyl carbamates (subject to hydrolysis) is 2. The third-order valence-corrected chi connectivity index (χ3v) is 7.71. The summed E-state index contributed by atoms with van der Waals surface area (Å²) in [6.45, 7) is 6.48. The second-order valence-electron chi connectivity index (χ2n) is 13.3. The van der Waals surface area contributed by atoms with Crippen molar-refractivity contribution in [1.29, 1.82) is 0 Å². The molecule has 16 nitrogen and oxygen atoms in total. The highest BCUT2D eigenvalue weighted by Crippen LogP contribution is 2.29. The number of ketones is 1. The van der Waals surface area contributed by atoms with Gasteiger partial charge in [-0.05, 0) is 87.4 Å². The number of nitrogens with one attached hydrogen (secondary N) is 2. The number of nitrogens with zero attached hydrogens (tertiary/aromatic N) is 2. The molecule has 16 heteroatoms. The molecule has 4 N–H and O–H groups in total. The quantitative estimate of drug-likeness (QED) is 0.0274. The molecule has 0 atom stereocenters. The average Bonchev–Trinajstić information content (AvgIpc) is 3.21. The molecule has 2 amide bonds. The SMILES string of the molecule is COc1cc(/C=C/C(O)=C/C(=O)/C=C/c2ccc(OC(=O)c3ccc[n+](COC(=O)NC(C)C)c3)c(CO)c2)ccc1OC(=O)c1ccc[n+](COC(=O)NC(C)C)c1. The van der Waals surface area contributed by atoms with Crippen molar-refractivity contribution < 1.29 is 67.0 Å². The monoisotopic (exact) mass is 810 g/mol. The largest absolute Gasteiger partial charge is 0.508 e. The Morgan fingerprint density at radius 1 is 0.695 bits per heavy atom. The molecule has 4 rings (SSSR count). The molecule has 0 radical (unpaired) electrons. The van der Waals surface area contributed by atoms with E-state index in [9.17, 15) is 34.2 Å². The van der Waals surface area contributed by atoms with Crippen molar-refractivity contribution in [2.45, 2.75) is 59.8 Å². The normalized spacial score (nSPS) is 11.4. The first-order valence-electron chi connectivity index (χ1n) is 18.2. The number of pyridine rings is 2. The maximum Gasteiger partial charge on any atom is 0.412 e. The molecule has 2 heterocycles. The summed E-state index contributed by atoms with van der Waals surface area (Å²) < 4.78 is 29.7. The lowest BCUT2D eigenvalue weighted by Crippen LogP contribution is -2.40. The fourth-order valence-electron chi connectivity index (χ4n) is 4.98. The zero-order valence-corrected chi connectivity index (χ0v) is 33.1. The van der Waals surface area contributed by atoms with Gasteiger partial charge in [0, 0.05) is 35.9 Å². The molecular weight excluding hydrogens is 764 g/mol. The summed E-state index contributed by atoms with van der Waals surface area (Å²) in [7, 11) is 1.40. The fourth-order valence-corrected chi connectivity index (χ4v) is 4.98. The van der Waals surface area contributed by atoms with E-state index in [0.29, 0.717) is 11.1 Å². The topological polar surface area (TPSA) is 204 Å². The van der Waals surface area contributed by atoms with E-state index in [1.165, 1.54) is 71.1 Å². The van der Waals surface area contributed by atoms with E-state index in [4.69, 9.17) is 23.7 Å². The van der Waals surface area contributed by atoms with E-state index < -0.39 is 36.5 Å². The van der Waals surface area contributed by atoms with E-state index in [1.807, 2.05) is 0 Å². The molecular formula is C43H46N4O12+2. The Kier molecular flexibility index (Phi) is 16.4. The van der Waals surface area contributed by atoms with E-state index in [0.717, 1.165) is 6.08 Å². The summed E-state index contributed by atoms with van der Waals surface area (Å²) in [5, 5.41) is 25.6. The molecule has 0 fully saturated rings. The van der Waals surface area contributed by atoms with Crippen LogP contribution < -0.4 is 34.0 Å². The van der Waals surface area contributed by atoms with Gasteiger partial charge in [-0.15, -0.1) is 0 Å². The van der Waals surface area contributed by atoms with Crippen LogP contribution in [-0.4, -0.2) is 59.3 Å². The lowest BCUT2D eigenvalue weighted by atomic mass is 10.1. The molecule has 0 unspecified atom stereocenters. The zero-order chi connectivity index (χ0) is 42.9. The number of carbonyl (C=O) groups is 5. The molecule has 308 valence electrons. The van der Waals surface area contributed by atoms with Gasteiger partial charge in [-0.25, -0.2) is 19.2 Å². The van der Waals surface area contributed by atoms with Crippen molar-refractivity contribution in [3.63, 3.8) is 0 Å². The number of amides is 2. The van der Waals surface area contributed by atoms with E-state index in [-0.39, 0.29) is 65.2 Å². The number of methoxy groups -OCH3 is 1. The molecule has 0 saturated heterocycles. The molecule has 2 aromatic carbocycles. The van der Waals surface area contributed by atoms with Crippen LogP contribution in [0, 0.1) is 0 Å². The number of allylic oxidation sites excluding steroid dienone is 3. The third kappa shape index (κ3) is 14.6. The summed E-state index contributed by atoms with van der Waals surface area (Å²) in [4.78, 5) is 62.0. The van der Waals surface area contributed by atoms with E-state index in [2.05, 4.69) is 10.6 Å². The molecule has 2 aromatic heterocycles. The number of hydrogen-bond donors (Lipinski definition) is 4. The van der Waals surface area contributed by atoms with Crippen LogP contribution in [0.1, 0.15) is 65.1 Å². The number of aliphatic hydroxyl groups is 2. The summed E-state index contributed by atoms with van der Waals surface area (Å²) in [5.74, 6) is -1.80. The predicted molar refractivity (Wildman–Crippen MR) is 212 cm³/mol. The van der Waals surface area contributed by atoms with Crippen molar-refractivity contribution >= 4 is 42.1 Å². The maximum absolute atomic E-state index is 12.9. The second-order valence-corrected chi connectivity index (χ2v) is 13.3. The summed E-state index contributed by atoms with van der Waals surface area (Å²) in [5.41, 5.74) is 1.73. The van der Waals surface area contributed by atoms with Gasteiger partial charge in [0.15, 0.2) is 42.1 Å². The van der Waals surface area contributed by atoms with Crippen molar-refractivity contribution in [3.05, 3.63) is 137 Å². The summed E-state index contributed by atoms with van der Waals surface area (Å²) >= 11 is 0. The van der Waals surface area contributed by atoms with Gasteiger partial charge >= 0.3 is 24.1 Å². The Morgan fingerprint density at radius 3 is 1.73 bits per heavy atom. The van der Waals surface area contributed by atoms with Gasteiger partial charge in [0.1, 0.15) is 22.6 Å². The van der Waals surface area contributed by atoms with Gasteiger partial charge < -0.3 is 44.5 Å². The molecule has 0 saturated carbocycles. The van der Waals surface area contributed by atoms with Gasteiger partial charge in [0.25, 0.3) is 13.5 Å². The fraction of sp³-hybridized carbons (Fsp3) is 0.233. The minimum atomic E-state index is -0.708. The van der Waals surface area contributed by atoms with Crippen molar-refractivity contribution in [2.75, 3.05) is 7.11 Å². The van der Waals surface area contributed by atoms with Gasteiger partial charge in [-0.1, -0.05) is 24.3 Å². The smallest absolute Gasteiger partial charge is 0.412 e. The first-order valence-corrected chi connectivity index (χ1v) is 18.2. The first kappa shape index (κ1) is 44.4. The predicted octanol–water partition coefficient (Wildman–Crippen LogP) is 5.12. The van der Waals surface area contributed by atoms with Gasteiger partial charge in [-0.2, -0.15) is 9.13 Å². The second kappa shape index (κ2) is 21.8. The Bertz CT molecular complexity index is 2250. The van der Waals surface area contributed by atoms with Crippen LogP contribution in [0.25, 0.3) is 12.2 Å². The van der Waals surface area contributed by atoms with Crippen LogP contribution in [0.15, 0.2) is 109 Å². The van der Waals surface area contributed by atoms with Crippen LogP contribution in [0.5, 0.6) is 17.2 Å². The zero-order valence-electron chi connectivity index (χ0n) is 33.1. The molecule has 0 spiro atoms. The molecule has 59 heavy (non-hydrogen) atoms. The lowest BCUT2D eigenvalue weighted by molar-refractivity contribution is -0.727. The molecule has 0 bridgehead atoms. The number of rotatable bonds is 17. The van der Waals surface area contributed by atoms with Crippen LogP contribution in [0.2, 0.25) is 0 Å². The molecule has 0 aliphatic carbocycles. The van der Waals surface area contributed by atoms with Crippen molar-refractivity contribution in [1.82, 2.24) is 10.6 Å². The summed E-state index contributed by atoms with van der Waals surface area (Å²) in [6, 6.07) is 15.4. The number of aromatic nitrogens is 2. The molecule has 0 aliphatic rings. The molecule has 0 aliphatic heterocycles. The highest BCUT2D eigenvalue weighted by atomic mass is 16.6. The van der Waals surface area contributed by atoms with Crippen LogP contribution in [0.4, 0.5) is 9.59 Å². The van der Waals surface area contributed by atoms with Crippen LogP contribution in [-0.2, 0) is 34.3 Å². The highest BCUT2D eigenvalue weighted by molar-refractivity contribution is 6.02. The number of aliphatic hydroxyl groups excluding tert-OH is 2. The van der Waals surface area contributed by atoms with Gasteiger partial charge in [0.2, 0.25) is 0 Å². The lowest BCUT2D eigenvalue weighted by Gasteiger charge is -2.10. The standard InChI is InChI=1S/C43H44N4O12/c1-28(2)44-42(53)56-26-46-18-6-8-32(23-46)40(51)58-37-16-12-30(20-34(37)25-48)10-14-35(49)22-36(50)15-11-31-13-17-38(39(21-31)55-5)59-41(52)33-9-7-19-47(24-33)27-57-43(54)45-29(3)4/h6-24,28-29,48H,25-27H2,1-5H3,(H-2,44,45,49,50,53,54)/p+2/b14-10+,15-11+. The van der Waals surface area contributed by atoms with E-state index >= 15 is 0 Å².